The van der Waals surface area contributed by atoms with Crippen molar-refractivity contribution >= 4 is 11.5 Å². The molecule has 6 heavy (non-hydrogen) atoms. The smallest absolute Gasteiger partial charge is 0.226 e. The largest absolute Gasteiger partial charge is 0.425 e. The summed E-state index contributed by atoms with van der Waals surface area (Å²) in [5.74, 6) is 0. The van der Waals surface area contributed by atoms with Gasteiger partial charge in [0.25, 0.3) is 0 Å². The lowest BCUT2D eigenvalue weighted by atomic mass is 13.4. The summed E-state index contributed by atoms with van der Waals surface area (Å²) < 4.78 is 22.5. The molecule has 1 unspecified atom stereocenters. The van der Waals surface area contributed by atoms with E-state index >= 15 is 0 Å². The van der Waals surface area contributed by atoms with Crippen LogP contribution in [0.3, 0.4) is 0 Å². The molecule has 1 atom stereocenters. The van der Waals surface area contributed by atoms with Crippen LogP contribution in [0.1, 0.15) is 0 Å². The van der Waals surface area contributed by atoms with Gasteiger partial charge in [0, 0.05) is 0 Å². The molecule has 0 aromatic heterocycles. The first-order chi connectivity index (χ1) is 2.77. The molecule has 0 radical (unpaired) electrons. The molecule has 0 saturated carbocycles. The maximum absolute atomic E-state index is 10.7. The standard InChI is InChI=1S/FNO3S/c1-6(4)5-2-3. The maximum atomic E-state index is 10.7. The Morgan fingerprint density at radius 1 is 1.83 bits per heavy atom. The van der Waals surface area contributed by atoms with E-state index in [2.05, 4.69) is 4.28 Å². The summed E-state index contributed by atoms with van der Waals surface area (Å²) in [7, 11) is 0. The topological polar surface area (TPSA) is 55.7 Å². The molecule has 4 nitrogen and oxygen atoms in total. The summed E-state index contributed by atoms with van der Waals surface area (Å²) >= 11 is -3.04. The lowest BCUT2D eigenvalue weighted by Crippen LogP contribution is -1.75. The van der Waals surface area contributed by atoms with Gasteiger partial charge in [-0.3, -0.25) is 0 Å². The SMILES string of the molecule is O=NOS(=O)F. The molecule has 0 N–H and O–H groups in total. The summed E-state index contributed by atoms with van der Waals surface area (Å²) in [6, 6.07) is 0. The van der Waals surface area contributed by atoms with E-state index in [0.29, 0.717) is 0 Å². The van der Waals surface area contributed by atoms with Gasteiger partial charge in [-0.1, -0.05) is 3.89 Å². The summed E-state index contributed by atoms with van der Waals surface area (Å²) in [4.78, 5) is 8.71. The highest BCUT2D eigenvalue weighted by atomic mass is 32.2. The molecular formula is FNO3S. The lowest BCUT2D eigenvalue weighted by Gasteiger charge is -1.71. The van der Waals surface area contributed by atoms with Crippen LogP contribution in [0.25, 0.3) is 0 Å². The monoisotopic (exact) mass is 113 g/mol. The fraction of sp³-hybridized carbons (Fsp3) is 0. The van der Waals surface area contributed by atoms with Gasteiger partial charge in [0.2, 0.25) is 0 Å². The fourth-order valence-electron chi connectivity index (χ4n) is 0.0239. The summed E-state index contributed by atoms with van der Waals surface area (Å²) in [5.41, 5.74) is 0. The van der Waals surface area contributed by atoms with Gasteiger partial charge in [-0.2, -0.15) is 4.21 Å². The van der Waals surface area contributed by atoms with Crippen LogP contribution in [0.5, 0.6) is 0 Å². The van der Waals surface area contributed by atoms with Crippen LogP contribution in [0.2, 0.25) is 0 Å². The van der Waals surface area contributed by atoms with Crippen molar-refractivity contribution in [2.75, 3.05) is 0 Å². The summed E-state index contributed by atoms with van der Waals surface area (Å²) in [6.07, 6.45) is 0. The van der Waals surface area contributed by atoms with Crippen molar-refractivity contribution in [3.63, 3.8) is 0 Å². The highest BCUT2D eigenvalue weighted by molar-refractivity contribution is 7.74. The van der Waals surface area contributed by atoms with Crippen LogP contribution >= 0.6 is 0 Å². The molecule has 0 bridgehead atoms. The van der Waals surface area contributed by atoms with Crippen LogP contribution in [0.4, 0.5) is 3.89 Å². The Morgan fingerprint density at radius 3 is 2.33 bits per heavy atom. The molecule has 0 fully saturated rings. The number of halogens is 1. The third kappa shape index (κ3) is 3.48. The minimum Gasteiger partial charge on any atom is -0.226 e. The molecule has 0 aromatic rings. The first kappa shape index (κ1) is 5.48. The number of hydrogen-bond donors (Lipinski definition) is 0. The molecule has 0 aliphatic rings. The highest BCUT2D eigenvalue weighted by Crippen LogP contribution is 1.82. The average molecular weight is 113 g/mol. The van der Waals surface area contributed by atoms with Gasteiger partial charge in [-0.05, 0) is 0 Å². The third-order valence-electron chi connectivity index (χ3n) is 0.0890. The second kappa shape index (κ2) is 2.70. The Labute approximate surface area is 35.2 Å². The molecule has 0 spiro atoms. The van der Waals surface area contributed by atoms with E-state index in [0.717, 1.165) is 0 Å². The Hall–Kier alpha value is -0.520. The van der Waals surface area contributed by atoms with E-state index in [-0.39, 0.29) is 0 Å². The predicted octanol–water partition coefficient (Wildman–Crippen LogP) is 0.233. The van der Waals surface area contributed by atoms with Crippen molar-refractivity contribution in [1.29, 1.82) is 0 Å². The molecule has 0 amide bonds. The van der Waals surface area contributed by atoms with Crippen LogP contribution in [-0.4, -0.2) is 4.21 Å². The van der Waals surface area contributed by atoms with E-state index < -0.39 is 11.5 Å². The van der Waals surface area contributed by atoms with E-state index in [4.69, 9.17) is 9.12 Å². The summed E-state index contributed by atoms with van der Waals surface area (Å²) in [6.45, 7) is 0. The van der Waals surface area contributed by atoms with Gasteiger partial charge in [-0.15, -0.1) is 4.91 Å². The van der Waals surface area contributed by atoms with E-state index in [1.165, 1.54) is 5.34 Å². The minimum absolute atomic E-state index is 1.51. The highest BCUT2D eigenvalue weighted by Gasteiger charge is 1.88. The zero-order valence-electron chi connectivity index (χ0n) is 2.46. The van der Waals surface area contributed by atoms with Gasteiger partial charge in [0.1, 0.15) is 0 Å². The van der Waals surface area contributed by atoms with Crippen molar-refractivity contribution in [2.24, 2.45) is 5.34 Å². The molecule has 0 aliphatic carbocycles. The van der Waals surface area contributed by atoms with Gasteiger partial charge in [-0.25, -0.2) is 4.28 Å². The molecule has 6 heteroatoms. The van der Waals surface area contributed by atoms with Gasteiger partial charge < -0.3 is 0 Å². The van der Waals surface area contributed by atoms with E-state index in [9.17, 15) is 3.89 Å². The van der Waals surface area contributed by atoms with Crippen LogP contribution in [0, 0.1) is 4.91 Å². The molecule has 0 saturated heterocycles. The normalized spacial score (nSPS) is 12.8. The van der Waals surface area contributed by atoms with Crippen LogP contribution < -0.4 is 0 Å². The third-order valence-corrected chi connectivity index (χ3v) is 0.267. The van der Waals surface area contributed by atoms with E-state index in [1.807, 2.05) is 0 Å². The maximum Gasteiger partial charge on any atom is 0.425 e. The Bertz CT molecular complexity index is 71.2. The van der Waals surface area contributed by atoms with Crippen molar-refractivity contribution in [3.05, 3.63) is 4.91 Å². The second-order valence-corrected chi connectivity index (χ2v) is 0.880. The minimum atomic E-state index is -3.04. The number of rotatable bonds is 2. The zero-order valence-corrected chi connectivity index (χ0v) is 3.27. The van der Waals surface area contributed by atoms with Crippen LogP contribution in [0.15, 0.2) is 5.34 Å². The average Bonchev–Trinajstić information content (AvgIpc) is 1.35. The quantitative estimate of drug-likeness (QED) is 0.292. The first-order valence-corrected chi connectivity index (χ1v) is 1.83. The zero-order chi connectivity index (χ0) is 4.99. The Morgan fingerprint density at radius 2 is 2.33 bits per heavy atom. The van der Waals surface area contributed by atoms with Gasteiger partial charge >= 0.3 is 11.5 Å². The first-order valence-electron chi connectivity index (χ1n) is 0.853. The number of hydrogen-bond acceptors (Lipinski definition) is 4. The molecule has 0 aliphatic heterocycles. The molecular weight excluding hydrogens is 113 g/mol. The second-order valence-electron chi connectivity index (χ2n) is 0.343. The predicted molar refractivity (Wildman–Crippen MR) is 16.1 cm³/mol. The molecule has 0 rings (SSSR count). The van der Waals surface area contributed by atoms with Crippen molar-refractivity contribution in [3.8, 4) is 0 Å². The van der Waals surface area contributed by atoms with E-state index in [1.54, 1.807) is 0 Å². The number of nitrogens with zero attached hydrogens (tertiary/aromatic N) is 1. The molecule has 0 heterocycles. The van der Waals surface area contributed by atoms with Crippen LogP contribution in [-0.2, 0) is 15.8 Å². The Kier molecular flexibility index (Phi) is 2.47. The molecule has 0 aromatic carbocycles. The molecule has 36 valence electrons. The van der Waals surface area contributed by atoms with Crippen molar-refractivity contribution in [1.82, 2.24) is 0 Å². The fourth-order valence-corrected chi connectivity index (χ4v) is 0.0718. The van der Waals surface area contributed by atoms with Gasteiger partial charge in [0.05, 0.1) is 0 Å². The lowest BCUT2D eigenvalue weighted by molar-refractivity contribution is 0.345. The van der Waals surface area contributed by atoms with Crippen molar-refractivity contribution < 1.29 is 12.4 Å². The summed E-state index contributed by atoms with van der Waals surface area (Å²) in [5, 5.41) is 1.51. The Balaban J connectivity index is 3.05. The van der Waals surface area contributed by atoms with Gasteiger partial charge in [0.15, 0.2) is 5.34 Å². The van der Waals surface area contributed by atoms with Crippen molar-refractivity contribution in [2.45, 2.75) is 0 Å².